The van der Waals surface area contributed by atoms with E-state index in [0.717, 1.165) is 5.01 Å². The largest absolute Gasteiger partial charge is 0.481 e. The van der Waals surface area contributed by atoms with Crippen molar-refractivity contribution in [3.05, 3.63) is 71.8 Å². The van der Waals surface area contributed by atoms with Gasteiger partial charge >= 0.3 is 5.97 Å². The van der Waals surface area contributed by atoms with Gasteiger partial charge in [-0.25, -0.2) is 5.01 Å². The molecule has 0 aliphatic carbocycles. The van der Waals surface area contributed by atoms with Crippen LogP contribution >= 0.6 is 0 Å². The molecule has 0 bridgehead atoms. The van der Waals surface area contributed by atoms with Gasteiger partial charge < -0.3 is 64.2 Å². The average Bonchev–Trinajstić information content (AvgIpc) is 4.22. The van der Waals surface area contributed by atoms with Crippen molar-refractivity contribution in [2.75, 3.05) is 45.9 Å². The number of aliphatic imine (C=N–C) groups is 2. The molecule has 3 saturated heterocycles. The van der Waals surface area contributed by atoms with E-state index in [1.165, 1.54) is 14.7 Å². The Hall–Kier alpha value is -7.67. The SMILES string of the molecule is NC(N)=NCCC[C@@H](CC(=O)N(Cc1ccccc1)NC(=O)[C@@H]1CCCN1C(=O)[C@H](CO)NC(=O)[C@@H](CC(=O)CNC(=O)[C@@H]1CCCN1C(=O)C1CCCN1C(=O)[C@@H](N)CCCN=C(N)N)Cc1ccccc1)C(=O)O. The summed E-state index contributed by atoms with van der Waals surface area (Å²) in [5.74, 6) is -8.52. The fraction of sp³-hybridized carbons (Fsp3) is 0.549. The number of hydrazine groups is 1. The van der Waals surface area contributed by atoms with Gasteiger partial charge in [0.05, 0.1) is 31.7 Å². The van der Waals surface area contributed by atoms with Crippen LogP contribution in [0.3, 0.4) is 0 Å². The monoisotopic (exact) mass is 1060 g/mol. The summed E-state index contributed by atoms with van der Waals surface area (Å²) in [6.45, 7) is -0.360. The molecule has 3 heterocycles. The highest BCUT2D eigenvalue weighted by Crippen LogP contribution is 2.27. The van der Waals surface area contributed by atoms with Crippen molar-refractivity contribution in [2.24, 2.45) is 50.5 Å². The average molecular weight is 1060 g/mol. The third kappa shape index (κ3) is 17.5. The van der Waals surface area contributed by atoms with Crippen molar-refractivity contribution in [3.8, 4) is 0 Å². The van der Waals surface area contributed by atoms with Gasteiger partial charge in [0.2, 0.25) is 35.4 Å². The van der Waals surface area contributed by atoms with Crippen molar-refractivity contribution < 1.29 is 53.4 Å². The van der Waals surface area contributed by atoms with Gasteiger partial charge in [-0.2, -0.15) is 0 Å². The van der Waals surface area contributed by atoms with Gasteiger partial charge in [0, 0.05) is 51.5 Å². The van der Waals surface area contributed by atoms with Gasteiger partial charge in [-0.15, -0.1) is 0 Å². The lowest BCUT2D eigenvalue weighted by Gasteiger charge is -2.32. The van der Waals surface area contributed by atoms with Crippen LogP contribution in [-0.4, -0.2) is 171 Å². The minimum absolute atomic E-state index is 0.0408. The number of hydrogen-bond donors (Lipinski definition) is 10. The molecule has 25 heteroatoms. The zero-order valence-corrected chi connectivity index (χ0v) is 42.8. The molecule has 15 N–H and O–H groups in total. The van der Waals surface area contributed by atoms with Crippen LogP contribution in [0.2, 0.25) is 0 Å². The van der Waals surface area contributed by atoms with Gasteiger partial charge in [0.25, 0.3) is 5.91 Å². The van der Waals surface area contributed by atoms with Crippen LogP contribution in [0.5, 0.6) is 0 Å². The number of nitrogens with two attached hydrogens (primary N) is 5. The smallest absolute Gasteiger partial charge is 0.307 e. The number of carboxylic acid groups (broad SMARTS) is 1. The predicted molar refractivity (Wildman–Crippen MR) is 278 cm³/mol. The third-order valence-electron chi connectivity index (χ3n) is 13.7. The fourth-order valence-corrected chi connectivity index (χ4v) is 9.77. The van der Waals surface area contributed by atoms with Crippen molar-refractivity contribution >= 4 is 65.0 Å². The lowest BCUT2D eigenvalue weighted by atomic mass is 9.93. The maximum Gasteiger partial charge on any atom is 0.307 e. The van der Waals surface area contributed by atoms with Crippen molar-refractivity contribution in [3.63, 3.8) is 0 Å². The van der Waals surface area contributed by atoms with E-state index in [9.17, 15) is 53.4 Å². The molecule has 3 fully saturated rings. The van der Waals surface area contributed by atoms with Gasteiger partial charge in [-0.3, -0.25) is 58.6 Å². The number of carboxylic acids is 1. The first-order valence-electron chi connectivity index (χ1n) is 25.8. The van der Waals surface area contributed by atoms with E-state index in [1.807, 2.05) is 0 Å². The molecule has 1 unspecified atom stereocenters. The molecular formula is C51H74N14O11. The van der Waals surface area contributed by atoms with E-state index in [4.69, 9.17) is 28.7 Å². The summed E-state index contributed by atoms with van der Waals surface area (Å²) in [6, 6.07) is 12.2. The summed E-state index contributed by atoms with van der Waals surface area (Å²) in [4.78, 5) is 135. The molecule has 0 spiro atoms. The summed E-state index contributed by atoms with van der Waals surface area (Å²) < 4.78 is 0. The minimum Gasteiger partial charge on any atom is -0.481 e. The quantitative estimate of drug-likeness (QED) is 0.0199. The van der Waals surface area contributed by atoms with Gasteiger partial charge in [0.15, 0.2) is 17.7 Å². The summed E-state index contributed by atoms with van der Waals surface area (Å²) >= 11 is 0. The second-order valence-electron chi connectivity index (χ2n) is 19.3. The van der Waals surface area contributed by atoms with Crippen LogP contribution in [-0.2, 0) is 56.1 Å². The summed E-state index contributed by atoms with van der Waals surface area (Å²) in [5.41, 5.74) is 31.6. The van der Waals surface area contributed by atoms with E-state index in [-0.39, 0.29) is 82.0 Å². The number of aliphatic hydroxyl groups excluding tert-OH is 1. The van der Waals surface area contributed by atoms with E-state index in [1.54, 1.807) is 60.7 Å². The minimum atomic E-state index is -1.55. The third-order valence-corrected chi connectivity index (χ3v) is 13.7. The van der Waals surface area contributed by atoms with Crippen LogP contribution in [0.25, 0.3) is 0 Å². The first-order valence-corrected chi connectivity index (χ1v) is 25.8. The Morgan fingerprint density at radius 3 is 1.79 bits per heavy atom. The van der Waals surface area contributed by atoms with Crippen molar-refractivity contribution in [2.45, 2.75) is 120 Å². The molecule has 0 radical (unpaired) electrons. The lowest BCUT2D eigenvalue weighted by Crippen LogP contribution is -2.57. The number of hydrogen-bond acceptors (Lipinski definition) is 13. The molecule has 5 rings (SSSR count). The number of benzene rings is 2. The number of guanidine groups is 2. The van der Waals surface area contributed by atoms with Crippen LogP contribution < -0.4 is 44.7 Å². The molecule has 25 nitrogen and oxygen atoms in total. The molecular weight excluding hydrogens is 985 g/mol. The Balaban J connectivity index is 1.21. The van der Waals surface area contributed by atoms with Crippen LogP contribution in [0.4, 0.5) is 0 Å². The topological polar surface area (TPSA) is 398 Å². The van der Waals surface area contributed by atoms with Crippen molar-refractivity contribution in [1.82, 2.24) is 35.8 Å². The summed E-state index contributed by atoms with van der Waals surface area (Å²) in [6.07, 6.45) is 2.63. The van der Waals surface area contributed by atoms with Gasteiger partial charge in [0.1, 0.15) is 24.2 Å². The number of carbonyl (C=O) groups is 9. The van der Waals surface area contributed by atoms with Gasteiger partial charge in [-0.05, 0) is 81.8 Å². The molecule has 7 amide bonds. The molecule has 3 aliphatic rings. The number of aliphatic carboxylic acids is 1. The lowest BCUT2D eigenvalue weighted by molar-refractivity contribution is -0.151. The second-order valence-corrected chi connectivity index (χ2v) is 19.3. The number of Topliss-reactive ketones (excluding diaryl/α,β-unsaturated/α-hetero) is 1. The normalized spacial score (nSPS) is 18.6. The Labute approximate surface area is 441 Å². The first-order chi connectivity index (χ1) is 36.4. The number of rotatable bonds is 27. The molecule has 7 atom stereocenters. The standard InChI is InChI=1S/C51H74N14O11/c52-37(17-8-22-58-51(55)56)46(72)64-25-11-20-41(64)48(74)63-24-9-18-39(63)44(70)59-29-36(67)27-35(26-32-12-3-1-4-13-32)43(69)60-38(31-66)47(73)62-23-10-19-40(62)45(71)61-65(30-33-14-5-2-6-15-33)42(68)28-34(49(75)76)16-7-21-57-50(53)54/h1-6,12-15,34-35,37-41,66H,7-11,16-31,52H2,(H,59,70)(H,60,69)(H,61,71)(H,75,76)(H4,53,54,57)(H4,55,56,58)/t34-,35+,37-,38-,39-,40-,41?/m0/s1. The number of ketones is 1. The molecule has 76 heavy (non-hydrogen) atoms. The Kier molecular flexibility index (Phi) is 22.9. The summed E-state index contributed by atoms with van der Waals surface area (Å²) in [7, 11) is 0. The molecule has 0 saturated carbocycles. The van der Waals surface area contributed by atoms with Crippen LogP contribution in [0.15, 0.2) is 70.6 Å². The first kappa shape index (κ1) is 59.2. The number of nitrogens with one attached hydrogen (secondary N) is 3. The Morgan fingerprint density at radius 1 is 0.671 bits per heavy atom. The van der Waals surface area contributed by atoms with Gasteiger partial charge in [-0.1, -0.05) is 60.7 Å². The van der Waals surface area contributed by atoms with Crippen molar-refractivity contribution in [1.29, 1.82) is 0 Å². The maximum atomic E-state index is 14.2. The van der Waals surface area contributed by atoms with E-state index in [0.29, 0.717) is 69.2 Å². The molecule has 414 valence electrons. The number of nitrogens with zero attached hydrogens (tertiary/aromatic N) is 6. The molecule has 3 aliphatic heterocycles. The number of aliphatic hydroxyl groups is 1. The highest BCUT2D eigenvalue weighted by atomic mass is 16.4. The number of carbonyl (C=O) groups excluding carboxylic acids is 8. The molecule has 0 aromatic heterocycles. The fourth-order valence-electron chi connectivity index (χ4n) is 9.77. The highest BCUT2D eigenvalue weighted by Gasteiger charge is 2.44. The highest BCUT2D eigenvalue weighted by molar-refractivity contribution is 5.97. The van der Waals surface area contributed by atoms with E-state index < -0.39 is 103 Å². The van der Waals surface area contributed by atoms with E-state index >= 15 is 0 Å². The van der Waals surface area contributed by atoms with Crippen LogP contribution in [0, 0.1) is 11.8 Å². The molecule has 2 aromatic carbocycles. The second kappa shape index (κ2) is 29.4. The predicted octanol–water partition coefficient (Wildman–Crippen LogP) is -2.04. The Bertz CT molecular complexity index is 2400. The maximum absolute atomic E-state index is 14.2. The Morgan fingerprint density at radius 2 is 1.21 bits per heavy atom. The number of amides is 7. The van der Waals surface area contributed by atoms with Crippen LogP contribution in [0.1, 0.15) is 88.2 Å². The zero-order valence-electron chi connectivity index (χ0n) is 42.8. The number of likely N-dealkylation sites (tertiary alicyclic amines) is 3. The molecule has 2 aromatic rings. The zero-order chi connectivity index (χ0) is 55.3. The van der Waals surface area contributed by atoms with E-state index in [2.05, 4.69) is 26.0 Å². The summed E-state index contributed by atoms with van der Waals surface area (Å²) in [5, 5.41) is 26.7.